The average Bonchev–Trinajstić information content (AvgIpc) is 2.99. The maximum Gasteiger partial charge on any atom is 0.412 e. The number of benzene rings is 1. The van der Waals surface area contributed by atoms with E-state index in [-0.39, 0.29) is 5.91 Å². The number of halogens is 1. The molecule has 146 valence electrons. The van der Waals surface area contributed by atoms with Crippen LogP contribution in [-0.4, -0.2) is 27.6 Å². The number of H-pyrrole nitrogens is 1. The van der Waals surface area contributed by atoms with E-state index in [1.165, 1.54) is 0 Å². The number of hydrogen-bond acceptors (Lipinski definition) is 4. The molecule has 0 saturated heterocycles. The van der Waals surface area contributed by atoms with Gasteiger partial charge in [-0.15, -0.1) is 0 Å². The van der Waals surface area contributed by atoms with E-state index in [0.29, 0.717) is 33.1 Å². The number of carbonyl (C=O) groups excluding carboxylic acids is 2. The molecule has 0 atom stereocenters. The van der Waals surface area contributed by atoms with E-state index in [1.54, 1.807) is 57.3 Å². The monoisotopic (exact) mass is 400 g/mol. The summed E-state index contributed by atoms with van der Waals surface area (Å²) in [6, 6.07) is 8.60. The number of pyridine rings is 1. The Kier molecular flexibility index (Phi) is 5.29. The Bertz CT molecular complexity index is 1050. The first-order valence-electron chi connectivity index (χ1n) is 8.68. The lowest BCUT2D eigenvalue weighted by Gasteiger charge is -2.20. The van der Waals surface area contributed by atoms with Gasteiger partial charge in [0.1, 0.15) is 16.4 Å². The van der Waals surface area contributed by atoms with Gasteiger partial charge in [0.25, 0.3) is 5.91 Å². The lowest BCUT2D eigenvalue weighted by atomic mass is 10.1. The molecule has 0 saturated carbocycles. The smallest absolute Gasteiger partial charge is 0.412 e. The fraction of sp³-hybridized carbons (Fsp3) is 0.250. The fourth-order valence-electron chi connectivity index (χ4n) is 2.61. The molecule has 0 aliphatic heterocycles. The number of aromatic nitrogens is 2. The minimum absolute atomic E-state index is 0.298. The summed E-state index contributed by atoms with van der Waals surface area (Å²) in [6.45, 7) is 7.23. The zero-order chi connectivity index (χ0) is 20.5. The highest BCUT2D eigenvalue weighted by Gasteiger charge is 2.17. The molecule has 2 heterocycles. The summed E-state index contributed by atoms with van der Waals surface area (Å²) < 4.78 is 5.25. The van der Waals surface area contributed by atoms with E-state index in [2.05, 4.69) is 20.6 Å². The van der Waals surface area contributed by atoms with Gasteiger partial charge in [0.15, 0.2) is 0 Å². The van der Waals surface area contributed by atoms with Crippen molar-refractivity contribution in [2.45, 2.75) is 33.3 Å². The molecule has 8 heteroatoms. The molecule has 0 fully saturated rings. The molecule has 0 radical (unpaired) electrons. The maximum atomic E-state index is 12.7. The van der Waals surface area contributed by atoms with Crippen molar-refractivity contribution in [3.63, 3.8) is 0 Å². The van der Waals surface area contributed by atoms with Crippen molar-refractivity contribution in [3.05, 3.63) is 52.8 Å². The SMILES string of the molecule is Cc1ccc(NC(=O)OC(C)(C)C)cc1NC(=O)c1c[nH]c2nc(Cl)ccc12. The van der Waals surface area contributed by atoms with Crippen LogP contribution in [0.1, 0.15) is 36.7 Å². The third-order valence-electron chi connectivity index (χ3n) is 3.88. The van der Waals surface area contributed by atoms with Crippen molar-refractivity contribution < 1.29 is 14.3 Å². The van der Waals surface area contributed by atoms with Crippen molar-refractivity contribution in [1.82, 2.24) is 9.97 Å². The van der Waals surface area contributed by atoms with Gasteiger partial charge in [0, 0.05) is 23.0 Å². The molecule has 0 unspecified atom stereocenters. The Balaban J connectivity index is 1.79. The van der Waals surface area contributed by atoms with E-state index >= 15 is 0 Å². The Hall–Kier alpha value is -3.06. The van der Waals surface area contributed by atoms with Crippen LogP contribution in [-0.2, 0) is 4.74 Å². The molecule has 1 aromatic carbocycles. The number of carbonyl (C=O) groups is 2. The molecule has 0 spiro atoms. The van der Waals surface area contributed by atoms with Crippen molar-refractivity contribution in [3.8, 4) is 0 Å². The number of amides is 2. The minimum Gasteiger partial charge on any atom is -0.444 e. The number of ether oxygens (including phenoxy) is 1. The number of rotatable bonds is 3. The second-order valence-corrected chi connectivity index (χ2v) is 7.73. The number of hydrogen-bond donors (Lipinski definition) is 3. The Morgan fingerprint density at radius 2 is 1.89 bits per heavy atom. The molecule has 2 aromatic heterocycles. The normalized spacial score (nSPS) is 11.3. The first-order chi connectivity index (χ1) is 13.1. The highest BCUT2D eigenvalue weighted by Crippen LogP contribution is 2.24. The van der Waals surface area contributed by atoms with Gasteiger partial charge < -0.3 is 15.0 Å². The average molecular weight is 401 g/mol. The third kappa shape index (κ3) is 4.61. The molecule has 3 aromatic rings. The van der Waals surface area contributed by atoms with E-state index in [4.69, 9.17) is 16.3 Å². The van der Waals surface area contributed by atoms with Crippen molar-refractivity contribution >= 4 is 46.0 Å². The van der Waals surface area contributed by atoms with Crippen molar-refractivity contribution in [2.24, 2.45) is 0 Å². The lowest BCUT2D eigenvalue weighted by Crippen LogP contribution is -2.27. The topological polar surface area (TPSA) is 96.1 Å². The largest absolute Gasteiger partial charge is 0.444 e. The third-order valence-corrected chi connectivity index (χ3v) is 4.09. The van der Waals surface area contributed by atoms with E-state index < -0.39 is 11.7 Å². The number of nitrogens with one attached hydrogen (secondary N) is 3. The number of aromatic amines is 1. The van der Waals surface area contributed by atoms with Gasteiger partial charge in [-0.05, 0) is 57.5 Å². The van der Waals surface area contributed by atoms with E-state index in [0.717, 1.165) is 5.56 Å². The second kappa shape index (κ2) is 7.52. The van der Waals surface area contributed by atoms with Crippen LogP contribution in [0.15, 0.2) is 36.5 Å². The summed E-state index contributed by atoms with van der Waals surface area (Å²) >= 11 is 5.88. The summed E-state index contributed by atoms with van der Waals surface area (Å²) in [5, 5.41) is 6.55. The molecule has 3 N–H and O–H groups in total. The Labute approximate surface area is 167 Å². The predicted molar refractivity (Wildman–Crippen MR) is 110 cm³/mol. The number of aryl methyl sites for hydroxylation is 1. The van der Waals surface area contributed by atoms with Crippen molar-refractivity contribution in [2.75, 3.05) is 10.6 Å². The quantitative estimate of drug-likeness (QED) is 0.531. The summed E-state index contributed by atoms with van der Waals surface area (Å²) in [6.07, 6.45) is 1.02. The fourth-order valence-corrected chi connectivity index (χ4v) is 2.76. The van der Waals surface area contributed by atoms with Gasteiger partial charge in [0.05, 0.1) is 5.56 Å². The lowest BCUT2D eigenvalue weighted by molar-refractivity contribution is 0.0636. The summed E-state index contributed by atoms with van der Waals surface area (Å²) in [7, 11) is 0. The van der Waals surface area contributed by atoms with Crippen LogP contribution in [0.2, 0.25) is 5.15 Å². The highest BCUT2D eigenvalue weighted by molar-refractivity contribution is 6.29. The standard InChI is InChI=1S/C20H21ClN4O3/c1-11-5-6-12(23-19(27)28-20(2,3)4)9-15(11)24-18(26)14-10-22-17-13(14)7-8-16(21)25-17/h5-10H,1-4H3,(H,22,25)(H,23,27)(H,24,26). The van der Waals surface area contributed by atoms with Gasteiger partial charge >= 0.3 is 6.09 Å². The van der Waals surface area contributed by atoms with E-state index in [1.807, 2.05) is 6.92 Å². The van der Waals surface area contributed by atoms with Gasteiger partial charge in [-0.25, -0.2) is 9.78 Å². The first kappa shape index (κ1) is 19.7. The van der Waals surface area contributed by atoms with Crippen LogP contribution >= 0.6 is 11.6 Å². The molecular formula is C20H21ClN4O3. The van der Waals surface area contributed by atoms with Crippen LogP contribution in [0.4, 0.5) is 16.2 Å². The number of nitrogens with zero attached hydrogens (tertiary/aromatic N) is 1. The van der Waals surface area contributed by atoms with Gasteiger partial charge in [-0.1, -0.05) is 17.7 Å². The molecule has 7 nitrogen and oxygen atoms in total. The summed E-state index contributed by atoms with van der Waals surface area (Å²) in [5.41, 5.74) is 2.33. The van der Waals surface area contributed by atoms with Gasteiger partial charge in [-0.2, -0.15) is 0 Å². The van der Waals surface area contributed by atoms with Gasteiger partial charge in [-0.3, -0.25) is 10.1 Å². The zero-order valence-electron chi connectivity index (χ0n) is 16.0. The molecule has 0 bridgehead atoms. The van der Waals surface area contributed by atoms with Crippen LogP contribution in [0.3, 0.4) is 0 Å². The zero-order valence-corrected chi connectivity index (χ0v) is 16.8. The molecule has 0 aliphatic rings. The molecule has 0 aliphatic carbocycles. The van der Waals surface area contributed by atoms with Crippen molar-refractivity contribution in [1.29, 1.82) is 0 Å². The molecule has 28 heavy (non-hydrogen) atoms. The van der Waals surface area contributed by atoms with Crippen LogP contribution in [0.5, 0.6) is 0 Å². The first-order valence-corrected chi connectivity index (χ1v) is 9.06. The highest BCUT2D eigenvalue weighted by atomic mass is 35.5. The minimum atomic E-state index is -0.599. The molecular weight excluding hydrogens is 380 g/mol. The number of fused-ring (bicyclic) bond motifs is 1. The van der Waals surface area contributed by atoms with Crippen LogP contribution in [0, 0.1) is 6.92 Å². The summed E-state index contributed by atoms with van der Waals surface area (Å²) in [4.78, 5) is 31.8. The van der Waals surface area contributed by atoms with E-state index in [9.17, 15) is 9.59 Å². The maximum absolute atomic E-state index is 12.7. The molecule has 3 rings (SSSR count). The Morgan fingerprint density at radius 3 is 2.61 bits per heavy atom. The second-order valence-electron chi connectivity index (χ2n) is 7.34. The number of anilines is 2. The summed E-state index contributed by atoms with van der Waals surface area (Å²) in [5.74, 6) is -0.298. The Morgan fingerprint density at radius 1 is 1.14 bits per heavy atom. The predicted octanol–water partition coefficient (Wildman–Crippen LogP) is 5.12. The van der Waals surface area contributed by atoms with Crippen LogP contribution < -0.4 is 10.6 Å². The van der Waals surface area contributed by atoms with Crippen LogP contribution in [0.25, 0.3) is 11.0 Å². The van der Waals surface area contributed by atoms with Gasteiger partial charge in [0.2, 0.25) is 0 Å². The molecule has 2 amide bonds.